The average Bonchev–Trinajstić information content (AvgIpc) is 2.86. The van der Waals surface area contributed by atoms with Crippen LogP contribution in [0, 0.1) is 0 Å². The van der Waals surface area contributed by atoms with Crippen LogP contribution in [-0.2, 0) is 0 Å². The lowest BCUT2D eigenvalue weighted by Crippen LogP contribution is -2.62. The van der Waals surface area contributed by atoms with E-state index in [1.165, 1.54) is 71.1 Å². The summed E-state index contributed by atoms with van der Waals surface area (Å²) in [5.41, 5.74) is 6.52. The van der Waals surface area contributed by atoms with Gasteiger partial charge in [-0.25, -0.2) is 0 Å². The van der Waals surface area contributed by atoms with E-state index in [1.54, 1.807) is 0 Å². The lowest BCUT2D eigenvalue weighted by molar-refractivity contribution is -0.00226. The average molecular weight is 237 g/mol. The zero-order valence-electron chi connectivity index (χ0n) is 11.0. The van der Waals surface area contributed by atoms with Gasteiger partial charge in [0.1, 0.15) is 0 Å². The third kappa shape index (κ3) is 2.13. The molecule has 3 fully saturated rings. The van der Waals surface area contributed by atoms with Crippen molar-refractivity contribution in [3.05, 3.63) is 0 Å². The van der Waals surface area contributed by atoms with Gasteiger partial charge in [0.25, 0.3) is 0 Å². The smallest absolute Gasteiger partial charge is 0.0332 e. The molecule has 0 aromatic heterocycles. The summed E-state index contributed by atoms with van der Waals surface area (Å²) in [5.74, 6) is 0. The molecule has 3 aliphatic rings. The number of piperazine rings is 1. The van der Waals surface area contributed by atoms with E-state index in [0.717, 1.165) is 12.6 Å². The molecule has 1 unspecified atom stereocenters. The zero-order chi connectivity index (χ0) is 11.7. The molecule has 3 heteroatoms. The van der Waals surface area contributed by atoms with Gasteiger partial charge in [-0.1, -0.05) is 19.3 Å². The summed E-state index contributed by atoms with van der Waals surface area (Å²) in [7, 11) is 0. The molecule has 2 N–H and O–H groups in total. The summed E-state index contributed by atoms with van der Waals surface area (Å²) in [5, 5.41) is 0. The van der Waals surface area contributed by atoms with Crippen LogP contribution >= 0.6 is 0 Å². The molecule has 0 amide bonds. The van der Waals surface area contributed by atoms with E-state index >= 15 is 0 Å². The monoisotopic (exact) mass is 237 g/mol. The Labute approximate surface area is 105 Å². The Bertz CT molecular complexity index is 260. The highest BCUT2D eigenvalue weighted by Gasteiger charge is 2.41. The first-order valence-corrected chi connectivity index (χ1v) is 7.53. The van der Waals surface area contributed by atoms with Crippen molar-refractivity contribution in [2.45, 2.75) is 56.5 Å². The fraction of sp³-hybridized carbons (Fsp3) is 1.00. The highest BCUT2D eigenvalue weighted by molar-refractivity contribution is 4.99. The molecular weight excluding hydrogens is 210 g/mol. The normalized spacial score (nSPS) is 34.8. The topological polar surface area (TPSA) is 32.5 Å². The second-order valence-electron chi connectivity index (χ2n) is 6.27. The molecule has 1 saturated carbocycles. The van der Waals surface area contributed by atoms with Crippen LogP contribution in [-0.4, -0.2) is 54.1 Å². The van der Waals surface area contributed by atoms with E-state index in [4.69, 9.17) is 5.73 Å². The maximum Gasteiger partial charge on any atom is 0.0332 e. The maximum absolute atomic E-state index is 6.15. The highest BCUT2D eigenvalue weighted by Crippen LogP contribution is 2.35. The first kappa shape index (κ1) is 11.9. The number of nitrogens with zero attached hydrogens (tertiary/aromatic N) is 2. The van der Waals surface area contributed by atoms with Gasteiger partial charge in [0.05, 0.1) is 0 Å². The quantitative estimate of drug-likeness (QED) is 0.788. The molecule has 1 aliphatic carbocycles. The summed E-state index contributed by atoms with van der Waals surface area (Å²) in [6.07, 6.45) is 9.72. The van der Waals surface area contributed by atoms with Crippen LogP contribution in [0.15, 0.2) is 0 Å². The molecule has 0 bridgehead atoms. The minimum atomic E-state index is 0.368. The second-order valence-corrected chi connectivity index (χ2v) is 6.27. The molecule has 0 aromatic rings. The van der Waals surface area contributed by atoms with Crippen molar-refractivity contribution in [2.75, 3.05) is 32.7 Å². The van der Waals surface area contributed by atoms with Crippen molar-refractivity contribution in [2.24, 2.45) is 5.73 Å². The molecule has 3 nitrogen and oxygen atoms in total. The molecule has 2 aliphatic heterocycles. The van der Waals surface area contributed by atoms with E-state index in [9.17, 15) is 0 Å². The van der Waals surface area contributed by atoms with Gasteiger partial charge >= 0.3 is 0 Å². The van der Waals surface area contributed by atoms with Crippen LogP contribution in [0.5, 0.6) is 0 Å². The lowest BCUT2D eigenvalue weighted by Gasteiger charge is -2.50. The van der Waals surface area contributed by atoms with Gasteiger partial charge in [0.2, 0.25) is 0 Å². The Kier molecular flexibility index (Phi) is 3.42. The van der Waals surface area contributed by atoms with Crippen molar-refractivity contribution in [3.8, 4) is 0 Å². The lowest BCUT2D eigenvalue weighted by atomic mass is 9.79. The SMILES string of the molecule is NCC1(N2CCN3CCCC3C2)CCCCC1. The van der Waals surface area contributed by atoms with Crippen molar-refractivity contribution in [1.82, 2.24) is 9.80 Å². The molecule has 0 aromatic carbocycles. The van der Waals surface area contributed by atoms with Crippen LogP contribution in [0.3, 0.4) is 0 Å². The minimum Gasteiger partial charge on any atom is -0.329 e. The van der Waals surface area contributed by atoms with Crippen LogP contribution in [0.2, 0.25) is 0 Å². The molecule has 98 valence electrons. The third-order valence-electron chi connectivity index (χ3n) is 5.42. The molecular formula is C14H27N3. The summed E-state index contributed by atoms with van der Waals surface area (Å²) in [6.45, 7) is 6.05. The summed E-state index contributed by atoms with van der Waals surface area (Å²) >= 11 is 0. The van der Waals surface area contributed by atoms with Gasteiger partial charge < -0.3 is 5.73 Å². The molecule has 0 radical (unpaired) electrons. The number of rotatable bonds is 2. The number of hydrogen-bond donors (Lipinski definition) is 1. The van der Waals surface area contributed by atoms with Crippen molar-refractivity contribution < 1.29 is 0 Å². The number of nitrogens with two attached hydrogens (primary N) is 1. The molecule has 2 saturated heterocycles. The van der Waals surface area contributed by atoms with E-state index in [2.05, 4.69) is 9.80 Å². The Balaban J connectivity index is 1.69. The number of hydrogen-bond acceptors (Lipinski definition) is 3. The third-order valence-corrected chi connectivity index (χ3v) is 5.42. The first-order valence-electron chi connectivity index (χ1n) is 7.53. The summed E-state index contributed by atoms with van der Waals surface area (Å²) in [4.78, 5) is 5.46. The van der Waals surface area contributed by atoms with E-state index in [1.807, 2.05) is 0 Å². The first-order chi connectivity index (χ1) is 8.34. The number of fused-ring (bicyclic) bond motifs is 1. The minimum absolute atomic E-state index is 0.368. The van der Waals surface area contributed by atoms with Crippen LogP contribution in [0.25, 0.3) is 0 Å². The van der Waals surface area contributed by atoms with Crippen LogP contribution in [0.1, 0.15) is 44.9 Å². The van der Waals surface area contributed by atoms with E-state index < -0.39 is 0 Å². The Morgan fingerprint density at radius 2 is 1.82 bits per heavy atom. The highest BCUT2D eigenvalue weighted by atomic mass is 15.3. The van der Waals surface area contributed by atoms with Gasteiger partial charge in [-0.2, -0.15) is 0 Å². The molecule has 3 rings (SSSR count). The predicted molar refractivity (Wildman–Crippen MR) is 71.0 cm³/mol. The fourth-order valence-corrected chi connectivity index (χ4v) is 4.28. The Hall–Kier alpha value is -0.120. The maximum atomic E-state index is 6.15. The second kappa shape index (κ2) is 4.87. The Morgan fingerprint density at radius 1 is 1.00 bits per heavy atom. The fourth-order valence-electron chi connectivity index (χ4n) is 4.28. The van der Waals surface area contributed by atoms with Gasteiger partial charge in [-0.05, 0) is 32.2 Å². The molecule has 17 heavy (non-hydrogen) atoms. The summed E-state index contributed by atoms with van der Waals surface area (Å²) in [6, 6.07) is 0.842. The molecule has 0 spiro atoms. The van der Waals surface area contributed by atoms with Gasteiger partial charge in [0, 0.05) is 37.8 Å². The largest absolute Gasteiger partial charge is 0.329 e. The summed E-state index contributed by atoms with van der Waals surface area (Å²) < 4.78 is 0. The van der Waals surface area contributed by atoms with E-state index in [0.29, 0.717) is 5.54 Å². The van der Waals surface area contributed by atoms with Crippen LogP contribution < -0.4 is 5.73 Å². The van der Waals surface area contributed by atoms with Crippen LogP contribution in [0.4, 0.5) is 0 Å². The van der Waals surface area contributed by atoms with Gasteiger partial charge in [-0.15, -0.1) is 0 Å². The van der Waals surface area contributed by atoms with Gasteiger partial charge in [-0.3, -0.25) is 9.80 Å². The standard InChI is InChI=1S/C14H27N3/c15-12-14(6-2-1-3-7-14)17-10-9-16-8-4-5-13(16)11-17/h13H,1-12,15H2. The van der Waals surface area contributed by atoms with Crippen molar-refractivity contribution in [1.29, 1.82) is 0 Å². The predicted octanol–water partition coefficient (Wildman–Crippen LogP) is 1.43. The van der Waals surface area contributed by atoms with Crippen molar-refractivity contribution >= 4 is 0 Å². The zero-order valence-corrected chi connectivity index (χ0v) is 11.0. The van der Waals surface area contributed by atoms with Crippen molar-refractivity contribution in [3.63, 3.8) is 0 Å². The molecule has 1 atom stereocenters. The molecule has 2 heterocycles. The van der Waals surface area contributed by atoms with Gasteiger partial charge in [0.15, 0.2) is 0 Å². The van der Waals surface area contributed by atoms with E-state index in [-0.39, 0.29) is 0 Å². The Morgan fingerprint density at radius 3 is 2.59 bits per heavy atom.